The van der Waals surface area contributed by atoms with Gasteiger partial charge in [-0.05, 0) is 39.0 Å². The van der Waals surface area contributed by atoms with E-state index in [9.17, 15) is 8.42 Å². The highest BCUT2D eigenvalue weighted by Gasteiger charge is 2.27. The van der Waals surface area contributed by atoms with Gasteiger partial charge in [-0.1, -0.05) is 25.9 Å². The minimum absolute atomic E-state index is 0. The van der Waals surface area contributed by atoms with Crippen molar-refractivity contribution in [1.29, 1.82) is 0 Å². The summed E-state index contributed by atoms with van der Waals surface area (Å²) >= 11 is 0. The van der Waals surface area contributed by atoms with Crippen LogP contribution >= 0.6 is 24.0 Å². The Morgan fingerprint density at radius 1 is 1.27 bits per heavy atom. The summed E-state index contributed by atoms with van der Waals surface area (Å²) in [6.45, 7) is 10.5. The third-order valence-electron chi connectivity index (χ3n) is 5.37. The molecule has 0 aliphatic carbocycles. The molecule has 0 spiro atoms. The number of aromatic nitrogens is 1. The van der Waals surface area contributed by atoms with Gasteiger partial charge in [0, 0.05) is 37.7 Å². The predicted molar refractivity (Wildman–Crippen MR) is 132 cm³/mol. The minimum Gasteiger partial charge on any atom is -0.359 e. The fourth-order valence-corrected chi connectivity index (χ4v) is 5.18. The van der Waals surface area contributed by atoms with Crippen LogP contribution < -0.4 is 10.6 Å². The summed E-state index contributed by atoms with van der Waals surface area (Å²) in [7, 11) is -3.11. The SMILES string of the molecule is CCCS(=O)(=O)N1CCC(NC(=NCc2cc(C(CC)CC)no2)NCC)CC1.I. The van der Waals surface area contributed by atoms with Crippen molar-refractivity contribution in [1.82, 2.24) is 20.1 Å². The molecule has 0 atom stereocenters. The lowest BCUT2D eigenvalue weighted by atomic mass is 9.99. The smallest absolute Gasteiger partial charge is 0.214 e. The minimum atomic E-state index is -3.11. The highest BCUT2D eigenvalue weighted by atomic mass is 127. The van der Waals surface area contributed by atoms with Crippen molar-refractivity contribution in [2.45, 2.75) is 78.3 Å². The molecule has 1 aliphatic heterocycles. The van der Waals surface area contributed by atoms with Gasteiger partial charge in [0.2, 0.25) is 10.0 Å². The molecule has 0 saturated carbocycles. The Kier molecular flexibility index (Phi) is 12.2. The maximum atomic E-state index is 12.2. The van der Waals surface area contributed by atoms with Crippen LogP contribution in [0, 0.1) is 0 Å². The molecule has 2 rings (SSSR count). The molecule has 0 unspecified atom stereocenters. The lowest BCUT2D eigenvalue weighted by molar-refractivity contribution is 0.306. The Bertz CT molecular complexity index is 741. The van der Waals surface area contributed by atoms with Gasteiger partial charge >= 0.3 is 0 Å². The molecule has 2 N–H and O–H groups in total. The molecule has 1 aliphatic rings. The zero-order chi connectivity index (χ0) is 21.3. The molecule has 8 nitrogen and oxygen atoms in total. The van der Waals surface area contributed by atoms with Crippen LogP contribution in [0.3, 0.4) is 0 Å². The van der Waals surface area contributed by atoms with Crippen LogP contribution in [0.2, 0.25) is 0 Å². The second-order valence-corrected chi connectivity index (χ2v) is 9.65. The molecular weight excluding hydrogens is 517 g/mol. The third kappa shape index (κ3) is 7.99. The van der Waals surface area contributed by atoms with E-state index < -0.39 is 10.0 Å². The molecule has 0 aromatic carbocycles. The Balaban J connectivity index is 0.00000450. The van der Waals surface area contributed by atoms with E-state index in [0.29, 0.717) is 32.0 Å². The molecule has 2 heterocycles. The Morgan fingerprint density at radius 2 is 1.93 bits per heavy atom. The number of rotatable bonds is 10. The average molecular weight is 556 g/mol. The van der Waals surface area contributed by atoms with Crippen molar-refractivity contribution in [3.8, 4) is 0 Å². The largest absolute Gasteiger partial charge is 0.359 e. The van der Waals surface area contributed by atoms with Gasteiger partial charge in [-0.25, -0.2) is 17.7 Å². The first-order valence-electron chi connectivity index (χ1n) is 10.9. The van der Waals surface area contributed by atoms with Gasteiger partial charge in [0.25, 0.3) is 0 Å². The summed E-state index contributed by atoms with van der Waals surface area (Å²) in [5.74, 6) is 2.13. The second-order valence-electron chi connectivity index (χ2n) is 7.56. The molecule has 0 bridgehead atoms. The van der Waals surface area contributed by atoms with Crippen molar-refractivity contribution in [2.75, 3.05) is 25.4 Å². The summed E-state index contributed by atoms with van der Waals surface area (Å²) in [5.41, 5.74) is 0.999. The second kappa shape index (κ2) is 13.5. The normalized spacial score (nSPS) is 16.5. The third-order valence-corrected chi connectivity index (χ3v) is 7.44. The molecule has 10 heteroatoms. The fourth-order valence-electron chi connectivity index (χ4n) is 3.64. The van der Waals surface area contributed by atoms with Gasteiger partial charge in [-0.3, -0.25) is 0 Å². The monoisotopic (exact) mass is 555 g/mol. The lowest BCUT2D eigenvalue weighted by Gasteiger charge is -2.32. The van der Waals surface area contributed by atoms with Crippen molar-refractivity contribution in [2.24, 2.45) is 4.99 Å². The van der Waals surface area contributed by atoms with Crippen LogP contribution in [0.1, 0.15) is 77.2 Å². The molecular formula is C20H38IN5O3S. The number of halogens is 1. The van der Waals surface area contributed by atoms with Gasteiger partial charge in [0.1, 0.15) is 6.54 Å². The number of nitrogens with one attached hydrogen (secondary N) is 2. The van der Waals surface area contributed by atoms with Crippen LogP contribution in [0.5, 0.6) is 0 Å². The summed E-state index contributed by atoms with van der Waals surface area (Å²) in [6, 6.07) is 2.21. The molecule has 30 heavy (non-hydrogen) atoms. The quantitative estimate of drug-likeness (QED) is 0.261. The zero-order valence-electron chi connectivity index (χ0n) is 18.7. The van der Waals surface area contributed by atoms with Gasteiger partial charge in [-0.15, -0.1) is 24.0 Å². The topological polar surface area (TPSA) is 99.8 Å². The first kappa shape index (κ1) is 27.2. The summed E-state index contributed by atoms with van der Waals surface area (Å²) < 4.78 is 31.5. The standard InChI is InChI=1S/C20H37N5O3S.HI/c1-5-13-29(26,27)25-11-9-17(10-12-25)23-20(21-8-4)22-15-18-14-19(24-28-18)16(6-2)7-3;/h14,16-17H,5-13,15H2,1-4H3,(H2,21,22,23);1H. The molecule has 1 saturated heterocycles. The first-order chi connectivity index (χ1) is 13.9. The van der Waals surface area contributed by atoms with E-state index in [4.69, 9.17) is 4.52 Å². The van der Waals surface area contributed by atoms with Crippen LogP contribution in [0.15, 0.2) is 15.6 Å². The van der Waals surface area contributed by atoms with Crippen molar-refractivity contribution >= 4 is 40.0 Å². The molecule has 0 amide bonds. The number of sulfonamides is 1. The van der Waals surface area contributed by atoms with E-state index in [0.717, 1.165) is 49.6 Å². The van der Waals surface area contributed by atoms with Crippen LogP contribution in [0.4, 0.5) is 0 Å². The summed E-state index contributed by atoms with van der Waals surface area (Å²) in [6.07, 6.45) is 4.28. The van der Waals surface area contributed by atoms with E-state index >= 15 is 0 Å². The highest BCUT2D eigenvalue weighted by molar-refractivity contribution is 14.0. The van der Waals surface area contributed by atoms with E-state index in [2.05, 4.69) is 34.6 Å². The number of hydrogen-bond donors (Lipinski definition) is 2. The first-order valence-corrected chi connectivity index (χ1v) is 12.5. The maximum Gasteiger partial charge on any atom is 0.214 e. The van der Waals surface area contributed by atoms with Gasteiger partial charge in [-0.2, -0.15) is 0 Å². The van der Waals surface area contributed by atoms with Gasteiger partial charge < -0.3 is 15.2 Å². The Hall–Kier alpha value is -0.880. The van der Waals surface area contributed by atoms with E-state index in [1.54, 1.807) is 4.31 Å². The number of nitrogens with zero attached hydrogens (tertiary/aromatic N) is 3. The summed E-state index contributed by atoms with van der Waals surface area (Å²) in [4.78, 5) is 4.63. The lowest BCUT2D eigenvalue weighted by Crippen LogP contribution is -2.50. The Morgan fingerprint density at radius 3 is 2.50 bits per heavy atom. The fraction of sp³-hybridized carbons (Fsp3) is 0.800. The zero-order valence-corrected chi connectivity index (χ0v) is 21.8. The van der Waals surface area contributed by atoms with Crippen molar-refractivity contribution in [3.05, 3.63) is 17.5 Å². The Labute approximate surface area is 198 Å². The number of piperidine rings is 1. The van der Waals surface area contributed by atoms with Gasteiger partial charge in [0.05, 0.1) is 11.4 Å². The van der Waals surface area contributed by atoms with E-state index in [1.165, 1.54) is 0 Å². The maximum absolute atomic E-state index is 12.2. The van der Waals surface area contributed by atoms with Crippen LogP contribution in [-0.2, 0) is 16.6 Å². The molecule has 1 fully saturated rings. The molecule has 1 aromatic rings. The highest BCUT2D eigenvalue weighted by Crippen LogP contribution is 2.22. The molecule has 174 valence electrons. The molecule has 0 radical (unpaired) electrons. The van der Waals surface area contributed by atoms with E-state index in [1.807, 2.05) is 19.9 Å². The van der Waals surface area contributed by atoms with E-state index in [-0.39, 0.29) is 35.8 Å². The number of guanidine groups is 1. The van der Waals surface area contributed by atoms with Gasteiger partial charge in [0.15, 0.2) is 11.7 Å². The predicted octanol–water partition coefficient (Wildman–Crippen LogP) is 3.46. The molecule has 1 aromatic heterocycles. The average Bonchev–Trinajstić information content (AvgIpc) is 3.16. The van der Waals surface area contributed by atoms with Crippen molar-refractivity contribution in [3.63, 3.8) is 0 Å². The van der Waals surface area contributed by atoms with Crippen LogP contribution in [-0.4, -0.2) is 55.3 Å². The van der Waals surface area contributed by atoms with Crippen LogP contribution in [0.25, 0.3) is 0 Å². The number of hydrogen-bond acceptors (Lipinski definition) is 5. The summed E-state index contributed by atoms with van der Waals surface area (Å²) in [5, 5.41) is 10.9. The number of aliphatic imine (C=N–C) groups is 1. The van der Waals surface area contributed by atoms with Crippen molar-refractivity contribution < 1.29 is 12.9 Å².